The van der Waals surface area contributed by atoms with Gasteiger partial charge in [0, 0.05) is 25.9 Å². The van der Waals surface area contributed by atoms with Crippen LogP contribution in [-0.4, -0.2) is 34.1 Å². The molecule has 2 fully saturated rings. The molecule has 0 amide bonds. The Morgan fingerprint density at radius 1 is 1.48 bits per heavy atom. The monoisotopic (exact) mass is 314 g/mol. The Morgan fingerprint density at radius 3 is 2.43 bits per heavy atom. The van der Waals surface area contributed by atoms with Gasteiger partial charge in [-0.1, -0.05) is 13.8 Å². The molecule has 2 aliphatic rings. The molecular formula is C14H22N2O4S. The fourth-order valence-corrected chi connectivity index (χ4v) is 5.05. The molecule has 1 N–H and O–H groups in total. The van der Waals surface area contributed by atoms with Crippen LogP contribution >= 0.6 is 0 Å². The van der Waals surface area contributed by atoms with Crippen molar-refractivity contribution >= 4 is 15.9 Å². The molecule has 2 aliphatic carbocycles. The molecule has 0 aliphatic heterocycles. The molecule has 3 rings (SSSR count). The maximum atomic E-state index is 11.9. The van der Waals surface area contributed by atoms with E-state index in [1.807, 2.05) is 31.7 Å². The number of imidazole rings is 1. The number of fused-ring (bicyclic) bond motifs is 2. The number of aromatic nitrogens is 2. The predicted molar refractivity (Wildman–Crippen MR) is 78.2 cm³/mol. The molecule has 0 radical (unpaired) electrons. The molecule has 21 heavy (non-hydrogen) atoms. The molecule has 0 spiro atoms. The average molecular weight is 314 g/mol. The number of hydrogen-bond acceptors (Lipinski definition) is 4. The van der Waals surface area contributed by atoms with Crippen LogP contribution in [0.1, 0.15) is 33.1 Å². The first-order chi connectivity index (χ1) is 9.58. The minimum atomic E-state index is -4.08. The Bertz CT molecular complexity index is 621. The summed E-state index contributed by atoms with van der Waals surface area (Å²) in [7, 11) is -2.14. The second-order valence-corrected chi connectivity index (χ2v) is 8.07. The maximum absolute atomic E-state index is 11.9. The minimum absolute atomic E-state index is 0.0152. The van der Waals surface area contributed by atoms with E-state index in [1.54, 1.807) is 12.5 Å². The standard InChI is InChI=1S/C10H16O4S.C4H6N2/c1-9(2)7-3-4-10(9,8(11)5-7)6-15(12,13)14;1-6-3-2-5-4-6/h7H,3-6H2,1-2H3,(H,12,13,14);2-4H,1H3. The van der Waals surface area contributed by atoms with E-state index in [0.717, 1.165) is 6.42 Å². The zero-order chi connectivity index (χ0) is 15.9. The van der Waals surface area contributed by atoms with Crippen molar-refractivity contribution in [3.05, 3.63) is 18.7 Å². The smallest absolute Gasteiger partial charge is 0.265 e. The molecule has 6 nitrogen and oxygen atoms in total. The highest BCUT2D eigenvalue weighted by Crippen LogP contribution is 2.64. The third-order valence-corrected chi connectivity index (χ3v) is 6.06. The van der Waals surface area contributed by atoms with E-state index in [9.17, 15) is 13.2 Å². The summed E-state index contributed by atoms with van der Waals surface area (Å²) in [6.07, 6.45) is 7.36. The number of nitrogens with zero attached hydrogens (tertiary/aromatic N) is 2. The summed E-state index contributed by atoms with van der Waals surface area (Å²) in [4.78, 5) is 15.7. The summed E-state index contributed by atoms with van der Waals surface area (Å²) in [5.41, 5.74) is -1.12. The number of aryl methyl sites for hydroxylation is 1. The van der Waals surface area contributed by atoms with Gasteiger partial charge in [-0.3, -0.25) is 9.35 Å². The van der Waals surface area contributed by atoms with Gasteiger partial charge in [-0.05, 0) is 24.2 Å². The summed E-state index contributed by atoms with van der Waals surface area (Å²) >= 11 is 0. The lowest BCUT2D eigenvalue weighted by Crippen LogP contribution is -2.42. The van der Waals surface area contributed by atoms with Gasteiger partial charge < -0.3 is 4.57 Å². The fourth-order valence-electron chi connectivity index (χ4n) is 3.75. The second-order valence-electron chi connectivity index (χ2n) is 6.62. The molecule has 2 bridgehead atoms. The van der Waals surface area contributed by atoms with Crippen LogP contribution in [0, 0.1) is 16.7 Å². The molecule has 0 saturated heterocycles. The number of Topliss-reactive ketones (excluding diaryl/α,β-unsaturated/α-hetero) is 1. The van der Waals surface area contributed by atoms with Crippen molar-refractivity contribution in [1.82, 2.24) is 9.55 Å². The number of carbonyl (C=O) groups is 1. The zero-order valence-electron chi connectivity index (χ0n) is 12.6. The van der Waals surface area contributed by atoms with Gasteiger partial charge >= 0.3 is 0 Å². The van der Waals surface area contributed by atoms with Crippen LogP contribution < -0.4 is 0 Å². The van der Waals surface area contributed by atoms with Crippen molar-refractivity contribution in [3.8, 4) is 0 Å². The molecule has 2 atom stereocenters. The first-order valence-electron chi connectivity index (χ1n) is 6.99. The van der Waals surface area contributed by atoms with E-state index in [-0.39, 0.29) is 17.1 Å². The van der Waals surface area contributed by atoms with Gasteiger partial charge in [0.25, 0.3) is 10.1 Å². The maximum Gasteiger partial charge on any atom is 0.265 e. The zero-order valence-corrected chi connectivity index (χ0v) is 13.4. The van der Waals surface area contributed by atoms with Crippen LogP contribution in [0.25, 0.3) is 0 Å². The summed E-state index contributed by atoms with van der Waals surface area (Å²) in [5, 5.41) is 0. The summed E-state index contributed by atoms with van der Waals surface area (Å²) in [6.45, 7) is 3.89. The highest BCUT2D eigenvalue weighted by molar-refractivity contribution is 7.85. The molecular weight excluding hydrogens is 292 g/mol. The van der Waals surface area contributed by atoms with Crippen LogP contribution in [0.5, 0.6) is 0 Å². The molecule has 118 valence electrons. The Morgan fingerprint density at radius 2 is 2.14 bits per heavy atom. The van der Waals surface area contributed by atoms with Crippen LogP contribution in [0.3, 0.4) is 0 Å². The Balaban J connectivity index is 0.000000225. The van der Waals surface area contributed by atoms with Gasteiger partial charge in [0.15, 0.2) is 0 Å². The molecule has 1 heterocycles. The topological polar surface area (TPSA) is 89.3 Å². The molecule has 2 unspecified atom stereocenters. The van der Waals surface area contributed by atoms with Crippen LogP contribution in [-0.2, 0) is 22.0 Å². The van der Waals surface area contributed by atoms with Crippen molar-refractivity contribution in [2.24, 2.45) is 23.8 Å². The second kappa shape index (κ2) is 5.21. The normalized spacial score (nSPS) is 30.1. The number of carbonyl (C=O) groups excluding carboxylic acids is 1. The van der Waals surface area contributed by atoms with Crippen molar-refractivity contribution in [2.75, 3.05) is 5.75 Å². The van der Waals surface area contributed by atoms with Gasteiger partial charge in [0.05, 0.1) is 17.5 Å². The number of ketones is 1. The van der Waals surface area contributed by atoms with Gasteiger partial charge in [-0.25, -0.2) is 4.98 Å². The summed E-state index contributed by atoms with van der Waals surface area (Å²) in [5.74, 6) is -0.101. The van der Waals surface area contributed by atoms with Crippen LogP contribution in [0.15, 0.2) is 18.7 Å². The summed E-state index contributed by atoms with van der Waals surface area (Å²) < 4.78 is 32.9. The Labute approximate surface area is 125 Å². The Hall–Kier alpha value is -1.21. The van der Waals surface area contributed by atoms with Crippen molar-refractivity contribution in [2.45, 2.75) is 33.1 Å². The first-order valence-corrected chi connectivity index (χ1v) is 8.60. The van der Waals surface area contributed by atoms with E-state index in [1.165, 1.54) is 0 Å². The minimum Gasteiger partial charge on any atom is -0.341 e. The van der Waals surface area contributed by atoms with Crippen LogP contribution in [0.2, 0.25) is 0 Å². The quantitative estimate of drug-likeness (QED) is 0.839. The lowest BCUT2D eigenvalue weighted by atomic mass is 9.70. The van der Waals surface area contributed by atoms with E-state index in [4.69, 9.17) is 4.55 Å². The van der Waals surface area contributed by atoms with E-state index in [2.05, 4.69) is 4.98 Å². The van der Waals surface area contributed by atoms with Gasteiger partial charge in [-0.2, -0.15) is 8.42 Å². The van der Waals surface area contributed by atoms with Crippen molar-refractivity contribution < 1.29 is 17.8 Å². The lowest BCUT2D eigenvalue weighted by molar-refractivity contribution is -0.128. The first kappa shape index (κ1) is 16.2. The lowest BCUT2D eigenvalue weighted by Gasteiger charge is -2.35. The highest BCUT2D eigenvalue weighted by atomic mass is 32.2. The van der Waals surface area contributed by atoms with E-state index >= 15 is 0 Å². The van der Waals surface area contributed by atoms with Crippen molar-refractivity contribution in [1.29, 1.82) is 0 Å². The largest absolute Gasteiger partial charge is 0.341 e. The number of hydrogen-bond donors (Lipinski definition) is 1. The average Bonchev–Trinajstić information content (AvgIpc) is 2.93. The Kier molecular flexibility index (Phi) is 4.01. The molecule has 7 heteroatoms. The molecule has 0 aromatic carbocycles. The van der Waals surface area contributed by atoms with E-state index in [0.29, 0.717) is 12.8 Å². The van der Waals surface area contributed by atoms with Crippen molar-refractivity contribution in [3.63, 3.8) is 0 Å². The van der Waals surface area contributed by atoms with Gasteiger partial charge in [0.2, 0.25) is 0 Å². The predicted octanol–water partition coefficient (Wildman–Crippen LogP) is 1.69. The van der Waals surface area contributed by atoms with Gasteiger partial charge in [0.1, 0.15) is 5.78 Å². The molecule has 2 saturated carbocycles. The molecule has 1 aromatic heterocycles. The number of rotatable bonds is 2. The summed E-state index contributed by atoms with van der Waals surface area (Å²) in [6, 6.07) is 0. The SMILES string of the molecule is CC1(C)C2CCC1(CS(=O)(=O)O)C(=O)C2.Cn1ccnc1. The third-order valence-electron chi connectivity index (χ3n) is 5.20. The van der Waals surface area contributed by atoms with Crippen LogP contribution in [0.4, 0.5) is 0 Å². The molecule has 1 aromatic rings. The van der Waals surface area contributed by atoms with E-state index < -0.39 is 21.3 Å². The highest BCUT2D eigenvalue weighted by Gasteiger charge is 2.65. The van der Waals surface area contributed by atoms with Gasteiger partial charge in [-0.15, -0.1) is 0 Å². The fraction of sp³-hybridized carbons (Fsp3) is 0.714. The third kappa shape index (κ3) is 2.89.